The lowest BCUT2D eigenvalue weighted by molar-refractivity contribution is -0.119. The number of hydrogen-bond donors (Lipinski definition) is 0. The molecular formula is C18H25N3O3S. The number of amides is 1. The molecule has 0 N–H and O–H groups in total. The molecule has 1 aromatic carbocycles. The predicted molar refractivity (Wildman–Crippen MR) is 96.4 cm³/mol. The van der Waals surface area contributed by atoms with Gasteiger partial charge in [-0.15, -0.1) is 0 Å². The maximum Gasteiger partial charge on any atom is 0.243 e. The fraction of sp³-hybridized carbons (Fsp3) is 0.611. The van der Waals surface area contributed by atoms with Crippen molar-refractivity contribution in [1.82, 2.24) is 9.21 Å². The van der Waals surface area contributed by atoms with Gasteiger partial charge in [-0.25, -0.2) is 8.42 Å². The summed E-state index contributed by atoms with van der Waals surface area (Å²) >= 11 is 0. The maximum atomic E-state index is 13.1. The number of rotatable bonds is 3. The molecule has 7 heteroatoms. The molecule has 0 saturated carbocycles. The first-order valence-electron chi connectivity index (χ1n) is 9.14. The summed E-state index contributed by atoms with van der Waals surface area (Å²) in [6, 6.07) is 3.55. The smallest absolute Gasteiger partial charge is 0.243 e. The number of benzene rings is 1. The Labute approximate surface area is 149 Å². The third-order valence-corrected chi connectivity index (χ3v) is 7.69. The van der Waals surface area contributed by atoms with Gasteiger partial charge in [0.05, 0.1) is 16.5 Å². The number of aryl methyl sites for hydroxylation is 1. The van der Waals surface area contributed by atoms with Gasteiger partial charge in [-0.1, -0.05) is 6.92 Å². The molecule has 6 nitrogen and oxygen atoms in total. The molecule has 25 heavy (non-hydrogen) atoms. The van der Waals surface area contributed by atoms with Crippen LogP contribution in [0.2, 0.25) is 0 Å². The molecule has 1 saturated heterocycles. The fourth-order valence-electron chi connectivity index (χ4n) is 4.25. The second kappa shape index (κ2) is 6.07. The molecule has 0 radical (unpaired) electrons. The molecule has 1 aromatic rings. The average Bonchev–Trinajstić information content (AvgIpc) is 2.88. The van der Waals surface area contributed by atoms with E-state index in [-0.39, 0.29) is 11.8 Å². The Morgan fingerprint density at radius 2 is 1.84 bits per heavy atom. The zero-order valence-electron chi connectivity index (χ0n) is 14.9. The second-order valence-electron chi connectivity index (χ2n) is 7.17. The molecular weight excluding hydrogens is 338 g/mol. The van der Waals surface area contributed by atoms with E-state index >= 15 is 0 Å². The van der Waals surface area contributed by atoms with Crippen LogP contribution in [0.25, 0.3) is 0 Å². The van der Waals surface area contributed by atoms with E-state index in [1.165, 1.54) is 0 Å². The van der Waals surface area contributed by atoms with Gasteiger partial charge in [0.25, 0.3) is 0 Å². The number of sulfonamides is 1. The first kappa shape index (κ1) is 17.0. The predicted octanol–water partition coefficient (Wildman–Crippen LogP) is 1.41. The van der Waals surface area contributed by atoms with Crippen molar-refractivity contribution in [3.63, 3.8) is 0 Å². The Morgan fingerprint density at radius 3 is 2.52 bits per heavy atom. The van der Waals surface area contributed by atoms with E-state index in [1.807, 2.05) is 11.8 Å². The van der Waals surface area contributed by atoms with Crippen LogP contribution in [0.5, 0.6) is 0 Å². The minimum atomic E-state index is -3.51. The van der Waals surface area contributed by atoms with Gasteiger partial charge in [0.1, 0.15) is 0 Å². The van der Waals surface area contributed by atoms with Crippen LogP contribution >= 0.6 is 0 Å². The van der Waals surface area contributed by atoms with Crippen LogP contribution in [0.15, 0.2) is 17.0 Å². The van der Waals surface area contributed by atoms with Gasteiger partial charge >= 0.3 is 0 Å². The summed E-state index contributed by atoms with van der Waals surface area (Å²) in [5, 5.41) is 0. The van der Waals surface area contributed by atoms with E-state index in [2.05, 4.69) is 11.8 Å². The van der Waals surface area contributed by atoms with Crippen molar-refractivity contribution in [2.24, 2.45) is 0 Å². The number of hydrogen-bond acceptors (Lipinski definition) is 4. The second-order valence-corrected chi connectivity index (χ2v) is 9.11. The molecule has 0 unspecified atom stereocenters. The molecule has 3 heterocycles. The van der Waals surface area contributed by atoms with Gasteiger partial charge in [0, 0.05) is 32.7 Å². The molecule has 3 aliphatic rings. The van der Waals surface area contributed by atoms with Crippen molar-refractivity contribution < 1.29 is 13.2 Å². The number of piperazine rings is 1. The molecule has 136 valence electrons. The summed E-state index contributed by atoms with van der Waals surface area (Å²) < 4.78 is 27.9. The van der Waals surface area contributed by atoms with Crippen molar-refractivity contribution in [2.45, 2.75) is 37.5 Å². The summed E-state index contributed by atoms with van der Waals surface area (Å²) in [7, 11) is -3.51. The van der Waals surface area contributed by atoms with E-state index in [1.54, 1.807) is 16.4 Å². The Hall–Kier alpha value is -1.44. The van der Waals surface area contributed by atoms with E-state index in [4.69, 9.17) is 0 Å². The van der Waals surface area contributed by atoms with Crippen LogP contribution in [0.1, 0.15) is 37.3 Å². The lowest BCUT2D eigenvalue weighted by Crippen LogP contribution is -2.48. The molecule has 0 aliphatic carbocycles. The topological polar surface area (TPSA) is 60.9 Å². The average molecular weight is 363 g/mol. The van der Waals surface area contributed by atoms with E-state index in [9.17, 15) is 13.2 Å². The van der Waals surface area contributed by atoms with E-state index in [0.717, 1.165) is 55.8 Å². The third-order valence-electron chi connectivity index (χ3n) is 5.81. The zero-order valence-corrected chi connectivity index (χ0v) is 15.7. The van der Waals surface area contributed by atoms with Crippen LogP contribution in [-0.2, 0) is 21.2 Å². The first-order chi connectivity index (χ1) is 11.9. The molecule has 1 atom stereocenters. The van der Waals surface area contributed by atoms with Crippen molar-refractivity contribution in [2.75, 3.05) is 44.2 Å². The lowest BCUT2D eigenvalue weighted by Gasteiger charge is -2.33. The largest absolute Gasteiger partial charge is 0.311 e. The standard InChI is InChI=1S/C18H25N3O3S/c1-3-19-7-9-20(10-8-19)25(23,24)15-11-14-5-4-6-21-17(14)16(12-15)13(2)18(21)22/h11-13H,3-10H2,1-2H3/t13-/m0/s1. The van der Waals surface area contributed by atoms with Crippen molar-refractivity contribution in [3.8, 4) is 0 Å². The quantitative estimate of drug-likeness (QED) is 0.815. The molecule has 1 amide bonds. The molecule has 4 rings (SSSR count). The first-order valence-corrected chi connectivity index (χ1v) is 10.6. The van der Waals surface area contributed by atoms with Crippen molar-refractivity contribution in [3.05, 3.63) is 23.3 Å². The molecule has 0 spiro atoms. The highest BCUT2D eigenvalue weighted by molar-refractivity contribution is 7.89. The monoisotopic (exact) mass is 363 g/mol. The highest BCUT2D eigenvalue weighted by Gasteiger charge is 2.39. The van der Waals surface area contributed by atoms with E-state index in [0.29, 0.717) is 18.0 Å². The van der Waals surface area contributed by atoms with Crippen LogP contribution in [0, 0.1) is 0 Å². The summed E-state index contributed by atoms with van der Waals surface area (Å²) in [6.45, 7) is 8.28. The number of carbonyl (C=O) groups is 1. The number of carbonyl (C=O) groups excluding carboxylic acids is 1. The van der Waals surface area contributed by atoms with Gasteiger partial charge in [-0.3, -0.25) is 4.79 Å². The van der Waals surface area contributed by atoms with Gasteiger partial charge < -0.3 is 9.80 Å². The molecule has 0 aromatic heterocycles. The molecule has 3 aliphatic heterocycles. The molecule has 0 bridgehead atoms. The fourth-order valence-corrected chi connectivity index (χ4v) is 5.76. The Morgan fingerprint density at radius 1 is 1.12 bits per heavy atom. The Balaban J connectivity index is 1.71. The van der Waals surface area contributed by atoms with Crippen LogP contribution < -0.4 is 4.90 Å². The highest BCUT2D eigenvalue weighted by atomic mass is 32.2. The number of nitrogens with zero attached hydrogens (tertiary/aromatic N) is 3. The summed E-state index contributed by atoms with van der Waals surface area (Å²) in [6.07, 6.45) is 1.73. The Kier molecular flexibility index (Phi) is 4.13. The molecule has 1 fully saturated rings. The summed E-state index contributed by atoms with van der Waals surface area (Å²) in [4.78, 5) is 16.9. The lowest BCUT2D eigenvalue weighted by atomic mass is 9.97. The SMILES string of the molecule is CCN1CCN(S(=O)(=O)c2cc3c4c(c2)[C@H](C)C(=O)N4CCC3)CC1. The normalized spacial score (nSPS) is 24.6. The van der Waals surface area contributed by atoms with Crippen molar-refractivity contribution in [1.29, 1.82) is 0 Å². The van der Waals surface area contributed by atoms with Gasteiger partial charge in [-0.2, -0.15) is 4.31 Å². The van der Waals surface area contributed by atoms with Crippen LogP contribution in [0.3, 0.4) is 0 Å². The number of likely N-dealkylation sites (N-methyl/N-ethyl adjacent to an activating group) is 1. The maximum absolute atomic E-state index is 13.1. The van der Waals surface area contributed by atoms with Gasteiger partial charge in [0.2, 0.25) is 15.9 Å². The minimum Gasteiger partial charge on any atom is -0.311 e. The number of anilines is 1. The van der Waals surface area contributed by atoms with E-state index < -0.39 is 10.0 Å². The van der Waals surface area contributed by atoms with Crippen molar-refractivity contribution >= 4 is 21.6 Å². The van der Waals surface area contributed by atoms with Gasteiger partial charge in [0.15, 0.2) is 0 Å². The summed E-state index contributed by atoms with van der Waals surface area (Å²) in [5.74, 6) is -0.152. The highest BCUT2D eigenvalue weighted by Crippen LogP contribution is 2.44. The van der Waals surface area contributed by atoms with Gasteiger partial charge in [-0.05, 0) is 49.6 Å². The summed E-state index contributed by atoms with van der Waals surface area (Å²) in [5.41, 5.74) is 2.86. The zero-order chi connectivity index (χ0) is 17.8. The van der Waals surface area contributed by atoms with Crippen LogP contribution in [-0.4, -0.2) is 62.8 Å². The Bertz CT molecular complexity index is 813. The van der Waals surface area contributed by atoms with Crippen LogP contribution in [0.4, 0.5) is 5.69 Å². The third kappa shape index (κ3) is 2.60. The minimum absolute atomic E-state index is 0.0991.